The molecule has 0 atom stereocenters. The number of amides is 1. The van der Waals surface area contributed by atoms with Crippen molar-refractivity contribution >= 4 is 11.9 Å². The Labute approximate surface area is 121 Å². The van der Waals surface area contributed by atoms with Crippen LogP contribution >= 0.6 is 0 Å². The van der Waals surface area contributed by atoms with E-state index in [2.05, 4.69) is 4.74 Å². The van der Waals surface area contributed by atoms with Crippen LogP contribution in [0.1, 0.15) is 13.3 Å². The molecule has 1 aromatic heterocycles. The third kappa shape index (κ3) is 4.30. The van der Waals surface area contributed by atoms with Crippen molar-refractivity contribution in [3.63, 3.8) is 0 Å². The number of esters is 1. The second-order valence-corrected chi connectivity index (χ2v) is 4.51. The Balaban J connectivity index is 2.91. The summed E-state index contributed by atoms with van der Waals surface area (Å²) in [5, 5.41) is 0. The second-order valence-electron chi connectivity index (χ2n) is 4.51. The van der Waals surface area contributed by atoms with E-state index in [9.17, 15) is 19.2 Å². The molecule has 21 heavy (non-hydrogen) atoms. The lowest BCUT2D eigenvalue weighted by Gasteiger charge is -2.21. The zero-order valence-corrected chi connectivity index (χ0v) is 12.4. The van der Waals surface area contributed by atoms with Crippen LogP contribution in [-0.4, -0.2) is 46.1 Å². The average Bonchev–Trinajstić information content (AvgIpc) is 2.47. The highest BCUT2D eigenvalue weighted by atomic mass is 16.5. The molecule has 1 heterocycles. The number of hydrogen-bond donors (Lipinski definition) is 0. The van der Waals surface area contributed by atoms with E-state index in [1.165, 1.54) is 31.3 Å². The van der Waals surface area contributed by atoms with Gasteiger partial charge in [-0.05, 0) is 6.42 Å². The molecule has 1 rings (SSSR count). The highest BCUT2D eigenvalue weighted by molar-refractivity contribution is 5.81. The summed E-state index contributed by atoms with van der Waals surface area (Å²) < 4.78 is 6.58. The van der Waals surface area contributed by atoms with Gasteiger partial charge in [-0.15, -0.1) is 0 Å². The van der Waals surface area contributed by atoms with Gasteiger partial charge in [0.1, 0.15) is 13.1 Å². The van der Waals surface area contributed by atoms with Crippen molar-refractivity contribution in [2.45, 2.75) is 19.9 Å². The molecule has 1 aromatic rings. The molecule has 8 nitrogen and oxygen atoms in total. The summed E-state index contributed by atoms with van der Waals surface area (Å²) >= 11 is 0. The maximum atomic E-state index is 12.2. The lowest BCUT2D eigenvalue weighted by atomic mass is 10.3. The Bertz CT molecular complexity index is 631. The molecule has 0 spiro atoms. The molecule has 116 valence electrons. The van der Waals surface area contributed by atoms with Gasteiger partial charge in [-0.3, -0.25) is 23.5 Å². The average molecular weight is 297 g/mol. The topological polar surface area (TPSA) is 90.6 Å². The van der Waals surface area contributed by atoms with Crippen LogP contribution in [0.15, 0.2) is 21.9 Å². The summed E-state index contributed by atoms with van der Waals surface area (Å²) in [5.74, 6) is -0.910. The summed E-state index contributed by atoms with van der Waals surface area (Å²) in [6, 6.07) is 1.21. The third-order valence-corrected chi connectivity index (χ3v) is 2.96. The number of rotatable bonds is 6. The fourth-order valence-electron chi connectivity index (χ4n) is 1.76. The molecular weight excluding hydrogens is 278 g/mol. The van der Waals surface area contributed by atoms with Crippen LogP contribution in [0.3, 0.4) is 0 Å². The third-order valence-electron chi connectivity index (χ3n) is 2.96. The van der Waals surface area contributed by atoms with Crippen LogP contribution in [0.25, 0.3) is 0 Å². The first-order chi connectivity index (χ1) is 9.90. The molecule has 0 fully saturated rings. The highest BCUT2D eigenvalue weighted by Gasteiger charge is 2.18. The summed E-state index contributed by atoms with van der Waals surface area (Å²) in [7, 11) is 2.58. The molecule has 0 bridgehead atoms. The van der Waals surface area contributed by atoms with Gasteiger partial charge in [-0.2, -0.15) is 0 Å². The SMILES string of the molecule is CCCN(CC(=O)OC)C(=O)Cn1ccc(=O)n(C)c1=O. The van der Waals surface area contributed by atoms with Gasteiger partial charge in [-0.1, -0.05) is 6.92 Å². The fraction of sp³-hybridized carbons (Fsp3) is 0.538. The predicted octanol–water partition coefficient (Wildman–Crippen LogP) is -1.04. The molecule has 0 aliphatic heterocycles. The first-order valence-electron chi connectivity index (χ1n) is 6.51. The van der Waals surface area contributed by atoms with Gasteiger partial charge in [0.05, 0.1) is 7.11 Å². The number of nitrogens with zero attached hydrogens (tertiary/aromatic N) is 3. The lowest BCUT2D eigenvalue weighted by Crippen LogP contribution is -2.43. The first kappa shape index (κ1) is 16.7. The molecule has 0 radical (unpaired) electrons. The van der Waals surface area contributed by atoms with E-state index >= 15 is 0 Å². The molecule has 8 heteroatoms. The Morgan fingerprint density at radius 3 is 2.57 bits per heavy atom. The van der Waals surface area contributed by atoms with E-state index in [1.807, 2.05) is 6.92 Å². The lowest BCUT2D eigenvalue weighted by molar-refractivity contribution is -0.147. The summed E-state index contributed by atoms with van der Waals surface area (Å²) in [6.07, 6.45) is 1.94. The largest absolute Gasteiger partial charge is 0.468 e. The zero-order chi connectivity index (χ0) is 16.0. The van der Waals surface area contributed by atoms with Crippen molar-refractivity contribution in [1.82, 2.24) is 14.0 Å². The predicted molar refractivity (Wildman–Crippen MR) is 74.8 cm³/mol. The normalized spacial score (nSPS) is 10.2. The molecule has 0 aliphatic rings. The second kappa shape index (κ2) is 7.41. The minimum Gasteiger partial charge on any atom is -0.468 e. The smallest absolute Gasteiger partial charge is 0.331 e. The zero-order valence-electron chi connectivity index (χ0n) is 12.4. The van der Waals surface area contributed by atoms with Gasteiger partial charge in [0.15, 0.2) is 0 Å². The maximum absolute atomic E-state index is 12.2. The quantitative estimate of drug-likeness (QED) is 0.625. The van der Waals surface area contributed by atoms with Crippen molar-refractivity contribution in [2.24, 2.45) is 7.05 Å². The maximum Gasteiger partial charge on any atom is 0.331 e. The number of aromatic nitrogens is 2. The Morgan fingerprint density at radius 2 is 2.00 bits per heavy atom. The number of ether oxygens (including phenoxy) is 1. The number of methoxy groups -OCH3 is 1. The molecule has 0 N–H and O–H groups in total. The van der Waals surface area contributed by atoms with Crippen LogP contribution in [0, 0.1) is 0 Å². The fourth-order valence-corrected chi connectivity index (χ4v) is 1.76. The molecule has 0 saturated heterocycles. The molecule has 0 aliphatic carbocycles. The number of carbonyl (C=O) groups excluding carboxylic acids is 2. The summed E-state index contributed by atoms with van der Waals surface area (Å²) in [6.45, 7) is 1.86. The van der Waals surface area contributed by atoms with E-state index < -0.39 is 17.2 Å². The van der Waals surface area contributed by atoms with E-state index in [4.69, 9.17) is 0 Å². The standard InChI is InChI=1S/C13H19N3O5/c1-4-6-15(9-12(19)21-3)11(18)8-16-7-5-10(17)14(2)13(16)20/h5,7H,4,6,8-9H2,1-3H3. The van der Waals surface area contributed by atoms with Crippen molar-refractivity contribution in [1.29, 1.82) is 0 Å². The molecule has 1 amide bonds. The van der Waals surface area contributed by atoms with Crippen molar-refractivity contribution in [2.75, 3.05) is 20.2 Å². The number of hydrogen-bond acceptors (Lipinski definition) is 5. The van der Waals surface area contributed by atoms with Crippen LogP contribution in [-0.2, 0) is 27.9 Å². The highest BCUT2D eigenvalue weighted by Crippen LogP contribution is 1.96. The van der Waals surface area contributed by atoms with Gasteiger partial charge >= 0.3 is 11.7 Å². The van der Waals surface area contributed by atoms with E-state index in [1.54, 1.807) is 0 Å². The van der Waals surface area contributed by atoms with Crippen LogP contribution in [0.5, 0.6) is 0 Å². The first-order valence-corrected chi connectivity index (χ1v) is 6.51. The summed E-state index contributed by atoms with van der Waals surface area (Å²) in [4.78, 5) is 47.9. The molecular formula is C13H19N3O5. The summed E-state index contributed by atoms with van der Waals surface area (Å²) in [5.41, 5.74) is -1.02. The molecule has 0 saturated carbocycles. The number of carbonyl (C=O) groups is 2. The Kier molecular flexibility index (Phi) is 5.89. The van der Waals surface area contributed by atoms with Crippen molar-refractivity contribution in [3.05, 3.63) is 33.1 Å². The van der Waals surface area contributed by atoms with E-state index in [0.29, 0.717) is 13.0 Å². The van der Waals surface area contributed by atoms with Crippen LogP contribution in [0.4, 0.5) is 0 Å². The van der Waals surface area contributed by atoms with Gasteiger partial charge in [-0.25, -0.2) is 4.79 Å². The minimum atomic E-state index is -0.578. The van der Waals surface area contributed by atoms with Gasteiger partial charge in [0, 0.05) is 25.9 Å². The van der Waals surface area contributed by atoms with Gasteiger partial charge < -0.3 is 9.64 Å². The van der Waals surface area contributed by atoms with Gasteiger partial charge in [0.2, 0.25) is 5.91 Å². The Hall–Kier alpha value is -2.38. The van der Waals surface area contributed by atoms with Crippen molar-refractivity contribution < 1.29 is 14.3 Å². The van der Waals surface area contributed by atoms with E-state index in [0.717, 1.165) is 9.13 Å². The molecule has 0 unspecified atom stereocenters. The van der Waals surface area contributed by atoms with Crippen molar-refractivity contribution in [3.8, 4) is 0 Å². The Morgan fingerprint density at radius 1 is 1.33 bits per heavy atom. The van der Waals surface area contributed by atoms with Crippen LogP contribution < -0.4 is 11.2 Å². The monoisotopic (exact) mass is 297 g/mol. The van der Waals surface area contributed by atoms with Crippen LogP contribution in [0.2, 0.25) is 0 Å². The molecule has 0 aromatic carbocycles. The minimum absolute atomic E-state index is 0.163. The van der Waals surface area contributed by atoms with Gasteiger partial charge in [0.25, 0.3) is 5.56 Å². The van der Waals surface area contributed by atoms with E-state index in [-0.39, 0.29) is 19.0 Å².